The lowest BCUT2D eigenvalue weighted by atomic mass is 10.2. The van der Waals surface area contributed by atoms with Crippen LogP contribution in [0.4, 0.5) is 0 Å². The van der Waals surface area contributed by atoms with Gasteiger partial charge in [0.1, 0.15) is 21.9 Å². The minimum absolute atomic E-state index is 0.0190. The number of rotatable bonds is 4. The molecule has 26 heavy (non-hydrogen) atoms. The van der Waals surface area contributed by atoms with Crippen LogP contribution in [0.25, 0.3) is 10.9 Å². The van der Waals surface area contributed by atoms with Crippen molar-refractivity contribution in [3.05, 3.63) is 41.3 Å². The molecule has 138 valence electrons. The van der Waals surface area contributed by atoms with E-state index in [9.17, 15) is 8.42 Å². The summed E-state index contributed by atoms with van der Waals surface area (Å²) in [6.07, 6.45) is 2.55. The van der Waals surface area contributed by atoms with Crippen molar-refractivity contribution in [1.29, 1.82) is 0 Å². The summed E-state index contributed by atoms with van der Waals surface area (Å²) in [5.41, 5.74) is 0.913. The Morgan fingerprint density at radius 2 is 2.15 bits per heavy atom. The number of nitrogens with one attached hydrogen (secondary N) is 1. The number of halogens is 1. The maximum Gasteiger partial charge on any atom is 0.273 e. The van der Waals surface area contributed by atoms with Gasteiger partial charge >= 0.3 is 0 Å². The van der Waals surface area contributed by atoms with Gasteiger partial charge in [0.05, 0.1) is 11.2 Å². The largest absolute Gasteiger partial charge is 0.488 e. The second-order valence-corrected chi connectivity index (χ2v) is 8.48. The molecule has 9 heteroatoms. The fraction of sp³-hybridized carbons (Fsp3) is 0.353. The molecule has 1 N–H and O–H groups in total. The standard InChI is InChI=1S/C17H19ClN4O3S/c1-11-16(17(18)21(2)20-11)26(23,24)22-9-7-13-14(22)4-3-5-15(13)25-12-6-8-19-10-12/h3-5,7,9,12,19H,6,8,10H2,1-2H3. The smallest absolute Gasteiger partial charge is 0.273 e. The Balaban J connectivity index is 1.82. The first-order chi connectivity index (χ1) is 12.4. The van der Waals surface area contributed by atoms with Gasteiger partial charge in [-0.3, -0.25) is 4.68 Å². The van der Waals surface area contributed by atoms with E-state index >= 15 is 0 Å². The minimum Gasteiger partial charge on any atom is -0.488 e. The van der Waals surface area contributed by atoms with Crippen LogP contribution in [0.5, 0.6) is 5.75 Å². The number of fused-ring (bicyclic) bond motifs is 1. The molecule has 1 atom stereocenters. The normalized spacial score (nSPS) is 17.9. The van der Waals surface area contributed by atoms with Gasteiger partial charge < -0.3 is 10.1 Å². The van der Waals surface area contributed by atoms with Crippen molar-refractivity contribution in [3.8, 4) is 5.75 Å². The summed E-state index contributed by atoms with van der Waals surface area (Å²) in [5.74, 6) is 0.680. The molecule has 3 aromatic rings. The third-order valence-electron chi connectivity index (χ3n) is 4.58. The molecule has 0 radical (unpaired) electrons. The van der Waals surface area contributed by atoms with Crippen LogP contribution in [0.3, 0.4) is 0 Å². The van der Waals surface area contributed by atoms with Crippen LogP contribution >= 0.6 is 11.6 Å². The molecule has 0 spiro atoms. The van der Waals surface area contributed by atoms with Crippen molar-refractivity contribution < 1.29 is 13.2 Å². The Kier molecular flexibility index (Phi) is 4.21. The molecule has 0 saturated carbocycles. The molecular weight excluding hydrogens is 376 g/mol. The van der Waals surface area contributed by atoms with Crippen molar-refractivity contribution in [1.82, 2.24) is 19.1 Å². The molecule has 1 aliphatic rings. The van der Waals surface area contributed by atoms with E-state index in [0.717, 1.165) is 24.9 Å². The highest BCUT2D eigenvalue weighted by molar-refractivity contribution is 7.90. The van der Waals surface area contributed by atoms with Gasteiger partial charge in [-0.05, 0) is 38.1 Å². The van der Waals surface area contributed by atoms with Gasteiger partial charge in [-0.25, -0.2) is 12.4 Å². The number of ether oxygens (including phenoxy) is 1. The van der Waals surface area contributed by atoms with E-state index in [1.165, 1.54) is 14.9 Å². The van der Waals surface area contributed by atoms with E-state index in [-0.39, 0.29) is 16.2 Å². The Bertz CT molecular complexity index is 1080. The quantitative estimate of drug-likeness (QED) is 0.734. The van der Waals surface area contributed by atoms with Crippen molar-refractivity contribution in [3.63, 3.8) is 0 Å². The van der Waals surface area contributed by atoms with E-state index in [0.29, 0.717) is 17.0 Å². The molecule has 1 saturated heterocycles. The summed E-state index contributed by atoms with van der Waals surface area (Å²) in [5, 5.41) is 8.21. The molecule has 2 aromatic heterocycles. The number of nitrogens with zero attached hydrogens (tertiary/aromatic N) is 3. The molecule has 0 bridgehead atoms. The third kappa shape index (κ3) is 2.69. The maximum atomic E-state index is 13.2. The maximum absolute atomic E-state index is 13.2. The van der Waals surface area contributed by atoms with Crippen LogP contribution in [-0.2, 0) is 17.1 Å². The molecule has 1 aliphatic heterocycles. The molecule has 3 heterocycles. The van der Waals surface area contributed by atoms with Gasteiger partial charge in [0.2, 0.25) is 0 Å². The fourth-order valence-corrected chi connectivity index (χ4v) is 5.40. The van der Waals surface area contributed by atoms with Gasteiger partial charge in [-0.2, -0.15) is 5.10 Å². The molecule has 0 aliphatic carbocycles. The first kappa shape index (κ1) is 17.4. The topological polar surface area (TPSA) is 78.2 Å². The van der Waals surface area contributed by atoms with Crippen LogP contribution in [0, 0.1) is 6.92 Å². The number of hydrogen-bond acceptors (Lipinski definition) is 5. The predicted molar refractivity (Wildman–Crippen MR) is 99.4 cm³/mol. The van der Waals surface area contributed by atoms with E-state index in [2.05, 4.69) is 10.4 Å². The SMILES string of the molecule is Cc1nn(C)c(Cl)c1S(=O)(=O)n1ccc2c(OC3CCNC3)cccc21. The lowest BCUT2D eigenvalue weighted by molar-refractivity contribution is 0.226. The van der Waals surface area contributed by atoms with Gasteiger partial charge in [0, 0.05) is 25.2 Å². The number of benzene rings is 1. The van der Waals surface area contributed by atoms with Crippen LogP contribution in [0.2, 0.25) is 5.15 Å². The van der Waals surface area contributed by atoms with Crippen molar-refractivity contribution in [2.75, 3.05) is 13.1 Å². The average Bonchev–Trinajstić information content (AvgIpc) is 3.28. The first-order valence-electron chi connectivity index (χ1n) is 8.31. The summed E-state index contributed by atoms with van der Waals surface area (Å²) >= 11 is 6.19. The average molecular weight is 395 g/mol. The second kappa shape index (κ2) is 6.29. The summed E-state index contributed by atoms with van der Waals surface area (Å²) in [6, 6.07) is 7.17. The Labute approximate surface area is 156 Å². The lowest BCUT2D eigenvalue weighted by Gasteiger charge is -2.14. The summed E-state index contributed by atoms with van der Waals surface area (Å²) in [4.78, 5) is 0.0190. The predicted octanol–water partition coefficient (Wildman–Crippen LogP) is 2.31. The minimum atomic E-state index is -3.87. The summed E-state index contributed by atoms with van der Waals surface area (Å²) in [6.45, 7) is 3.35. The molecule has 1 unspecified atom stereocenters. The van der Waals surface area contributed by atoms with Crippen molar-refractivity contribution in [2.24, 2.45) is 7.05 Å². The number of aromatic nitrogens is 3. The summed E-state index contributed by atoms with van der Waals surface area (Å²) < 4.78 is 35.0. The van der Waals surface area contributed by atoms with Crippen LogP contribution in [0.15, 0.2) is 35.4 Å². The lowest BCUT2D eigenvalue weighted by Crippen LogP contribution is -2.19. The van der Waals surface area contributed by atoms with Gasteiger partial charge in [0.15, 0.2) is 0 Å². The van der Waals surface area contributed by atoms with Crippen LogP contribution in [-0.4, -0.2) is 41.4 Å². The van der Waals surface area contributed by atoms with E-state index < -0.39 is 10.0 Å². The molecule has 7 nitrogen and oxygen atoms in total. The highest BCUT2D eigenvalue weighted by atomic mass is 35.5. The van der Waals surface area contributed by atoms with Crippen LogP contribution < -0.4 is 10.1 Å². The third-order valence-corrected chi connectivity index (χ3v) is 6.97. The van der Waals surface area contributed by atoms with Crippen molar-refractivity contribution in [2.45, 2.75) is 24.3 Å². The van der Waals surface area contributed by atoms with E-state index in [4.69, 9.17) is 16.3 Å². The van der Waals surface area contributed by atoms with Gasteiger partial charge in [0.25, 0.3) is 10.0 Å². The Morgan fingerprint density at radius 1 is 1.35 bits per heavy atom. The molecule has 4 rings (SSSR count). The van der Waals surface area contributed by atoms with E-state index in [1.54, 1.807) is 32.2 Å². The molecular formula is C17H19ClN4O3S. The fourth-order valence-electron chi connectivity index (χ4n) is 3.34. The monoisotopic (exact) mass is 394 g/mol. The highest BCUT2D eigenvalue weighted by Crippen LogP contribution is 2.33. The zero-order valence-electron chi connectivity index (χ0n) is 14.4. The molecule has 1 fully saturated rings. The summed E-state index contributed by atoms with van der Waals surface area (Å²) in [7, 11) is -2.26. The highest BCUT2D eigenvalue weighted by Gasteiger charge is 2.28. The Morgan fingerprint density at radius 3 is 2.81 bits per heavy atom. The zero-order chi connectivity index (χ0) is 18.5. The zero-order valence-corrected chi connectivity index (χ0v) is 16.0. The number of hydrogen-bond donors (Lipinski definition) is 1. The van der Waals surface area contributed by atoms with Gasteiger partial charge in [-0.15, -0.1) is 0 Å². The molecule has 0 amide bonds. The Hall–Kier alpha value is -2.03. The molecule has 1 aromatic carbocycles. The number of aryl methyl sites for hydroxylation is 2. The van der Waals surface area contributed by atoms with Gasteiger partial charge in [-0.1, -0.05) is 17.7 Å². The van der Waals surface area contributed by atoms with Crippen LogP contribution in [0.1, 0.15) is 12.1 Å². The van der Waals surface area contributed by atoms with E-state index in [1.807, 2.05) is 6.07 Å². The second-order valence-electron chi connectivity index (χ2n) is 6.37. The first-order valence-corrected chi connectivity index (χ1v) is 10.1. The van der Waals surface area contributed by atoms with Crippen molar-refractivity contribution >= 4 is 32.5 Å².